The van der Waals surface area contributed by atoms with Crippen LogP contribution in [0.15, 0.2) is 24.3 Å². The smallest absolute Gasteiger partial charge is 0.311 e. The molecule has 0 aromatic heterocycles. The van der Waals surface area contributed by atoms with Crippen LogP contribution in [-0.2, 0) is 74.0 Å². The van der Waals surface area contributed by atoms with Gasteiger partial charge in [-0.25, -0.2) is 0 Å². The first kappa shape index (κ1) is 61.3. The molecule has 0 saturated carbocycles. The lowest BCUT2D eigenvalue weighted by Gasteiger charge is -2.28. The molecule has 0 heterocycles. The highest BCUT2D eigenvalue weighted by Gasteiger charge is 2.28. The minimum atomic E-state index is -4.13. The summed E-state index contributed by atoms with van der Waals surface area (Å²) >= 11 is 0. The molecular formula is C46H78N6O15S. The average molecular weight is 987 g/mol. The lowest BCUT2D eigenvalue weighted by Crippen LogP contribution is -2.54. The fourth-order valence-corrected chi connectivity index (χ4v) is 5.94. The Morgan fingerprint density at radius 1 is 0.647 bits per heavy atom. The molecule has 0 saturated heterocycles. The zero-order valence-corrected chi connectivity index (χ0v) is 42.3. The zero-order valence-electron chi connectivity index (χ0n) is 41.5. The predicted octanol–water partition coefficient (Wildman–Crippen LogP) is 2.37. The number of rotatable bonds is 34. The van der Waals surface area contributed by atoms with E-state index in [-0.39, 0.29) is 114 Å². The summed E-state index contributed by atoms with van der Waals surface area (Å²) in [5.74, 6) is -3.67. The number of hydrogen-bond acceptors (Lipinski definition) is 14. The SMILES string of the molecule is CC(C)[C@H](NC(=O)CCN(CCC(C)(C)C)C(=O)CCC(=O)NCCOCCOCCOCCOCCC(=O)NCCS(=O)(=O)O)C(=O)N[C@@H](C)C(=O)Nc1ccc(COC(=O)C(C)(C)C)cc1. The second-order valence-electron chi connectivity index (χ2n) is 18.7. The maximum atomic E-state index is 13.3. The highest BCUT2D eigenvalue weighted by atomic mass is 32.2. The van der Waals surface area contributed by atoms with Gasteiger partial charge in [0.2, 0.25) is 35.4 Å². The molecule has 0 radical (unpaired) electrons. The average Bonchev–Trinajstić information content (AvgIpc) is 3.24. The molecule has 21 nitrogen and oxygen atoms in total. The Kier molecular flexibility index (Phi) is 29.0. The van der Waals surface area contributed by atoms with Gasteiger partial charge in [-0.2, -0.15) is 8.42 Å². The number of amides is 6. The van der Waals surface area contributed by atoms with Crippen molar-refractivity contribution in [1.29, 1.82) is 0 Å². The van der Waals surface area contributed by atoms with Crippen LogP contribution in [0.25, 0.3) is 0 Å². The third-order valence-corrected chi connectivity index (χ3v) is 10.4. The van der Waals surface area contributed by atoms with E-state index < -0.39 is 57.0 Å². The molecular weight excluding hydrogens is 909 g/mol. The van der Waals surface area contributed by atoms with Gasteiger partial charge in [0, 0.05) is 57.5 Å². The zero-order chi connectivity index (χ0) is 51.3. The Morgan fingerprint density at radius 3 is 1.74 bits per heavy atom. The molecule has 68 heavy (non-hydrogen) atoms. The topological polar surface area (TPSA) is 283 Å². The first-order valence-electron chi connectivity index (χ1n) is 23.0. The van der Waals surface area contributed by atoms with Crippen LogP contribution in [0, 0.1) is 16.7 Å². The van der Waals surface area contributed by atoms with Gasteiger partial charge in [0.1, 0.15) is 18.7 Å². The van der Waals surface area contributed by atoms with Crippen molar-refractivity contribution in [1.82, 2.24) is 26.2 Å². The van der Waals surface area contributed by atoms with Crippen LogP contribution in [0.3, 0.4) is 0 Å². The molecule has 1 aromatic rings. The van der Waals surface area contributed by atoms with Crippen LogP contribution in [0.2, 0.25) is 0 Å². The fraction of sp³-hybridized carbons (Fsp3) is 0.717. The lowest BCUT2D eigenvalue weighted by molar-refractivity contribution is -0.154. The van der Waals surface area contributed by atoms with E-state index in [1.165, 1.54) is 6.92 Å². The van der Waals surface area contributed by atoms with Crippen molar-refractivity contribution in [3.8, 4) is 0 Å². The second kappa shape index (κ2) is 32.1. The lowest BCUT2D eigenvalue weighted by atomic mass is 9.92. The van der Waals surface area contributed by atoms with Crippen LogP contribution in [0.5, 0.6) is 0 Å². The molecule has 0 unspecified atom stereocenters. The van der Waals surface area contributed by atoms with E-state index >= 15 is 0 Å². The highest BCUT2D eigenvalue weighted by Crippen LogP contribution is 2.20. The van der Waals surface area contributed by atoms with Gasteiger partial charge < -0.3 is 55.2 Å². The number of hydrogen-bond donors (Lipinski definition) is 6. The normalized spacial score (nSPS) is 12.7. The van der Waals surface area contributed by atoms with Crippen LogP contribution < -0.4 is 26.6 Å². The van der Waals surface area contributed by atoms with Crippen LogP contribution >= 0.6 is 0 Å². The van der Waals surface area contributed by atoms with E-state index in [1.807, 2.05) is 20.8 Å². The van der Waals surface area contributed by atoms with Gasteiger partial charge in [0.25, 0.3) is 10.1 Å². The summed E-state index contributed by atoms with van der Waals surface area (Å²) in [6.45, 7) is 19.2. The summed E-state index contributed by atoms with van der Waals surface area (Å²) in [4.78, 5) is 90.5. The molecule has 0 aliphatic heterocycles. The first-order chi connectivity index (χ1) is 31.8. The Morgan fingerprint density at radius 2 is 1.19 bits per heavy atom. The number of esters is 1. The summed E-state index contributed by atoms with van der Waals surface area (Å²) in [6.07, 6.45) is 0.495. The fourth-order valence-electron chi connectivity index (χ4n) is 5.58. The van der Waals surface area contributed by atoms with E-state index in [1.54, 1.807) is 63.8 Å². The third-order valence-electron chi connectivity index (χ3n) is 9.72. The molecule has 0 aliphatic carbocycles. The maximum Gasteiger partial charge on any atom is 0.311 e. The Bertz CT molecular complexity index is 1830. The summed E-state index contributed by atoms with van der Waals surface area (Å²) < 4.78 is 56.9. The van der Waals surface area contributed by atoms with E-state index in [4.69, 9.17) is 28.2 Å². The van der Waals surface area contributed by atoms with Crippen molar-refractivity contribution in [3.05, 3.63) is 29.8 Å². The number of carbonyl (C=O) groups is 7. The largest absolute Gasteiger partial charge is 0.460 e. The quantitative estimate of drug-likeness (QED) is 0.0329. The van der Waals surface area contributed by atoms with Gasteiger partial charge in [0.15, 0.2) is 0 Å². The summed E-state index contributed by atoms with van der Waals surface area (Å²) in [5, 5.41) is 13.3. The summed E-state index contributed by atoms with van der Waals surface area (Å²) in [7, 11) is -4.13. The second-order valence-corrected chi connectivity index (χ2v) is 20.2. The monoisotopic (exact) mass is 987 g/mol. The molecule has 1 rings (SSSR count). The molecule has 0 bridgehead atoms. The minimum absolute atomic E-state index is 0.0400. The van der Waals surface area contributed by atoms with Gasteiger partial charge in [-0.1, -0.05) is 46.8 Å². The molecule has 0 fully saturated rings. The van der Waals surface area contributed by atoms with Crippen molar-refractivity contribution < 1.29 is 70.2 Å². The van der Waals surface area contributed by atoms with Crippen molar-refractivity contribution in [2.45, 2.75) is 113 Å². The van der Waals surface area contributed by atoms with Crippen molar-refractivity contribution in [2.24, 2.45) is 16.7 Å². The summed E-state index contributed by atoms with van der Waals surface area (Å²) in [6, 6.07) is 4.88. The van der Waals surface area contributed by atoms with Crippen molar-refractivity contribution >= 4 is 57.2 Å². The van der Waals surface area contributed by atoms with Crippen LogP contribution in [0.4, 0.5) is 5.69 Å². The van der Waals surface area contributed by atoms with Gasteiger partial charge in [-0.3, -0.25) is 38.1 Å². The molecule has 2 atom stereocenters. The van der Waals surface area contributed by atoms with Gasteiger partial charge in [-0.05, 0) is 63.1 Å². The number of ether oxygens (including phenoxy) is 5. The predicted molar refractivity (Wildman–Crippen MR) is 254 cm³/mol. The molecule has 0 aliphatic rings. The van der Waals surface area contributed by atoms with E-state index in [2.05, 4.69) is 26.6 Å². The molecule has 1 aromatic carbocycles. The van der Waals surface area contributed by atoms with Crippen molar-refractivity contribution in [2.75, 3.05) is 90.1 Å². The number of anilines is 1. The number of carbonyl (C=O) groups excluding carboxylic acids is 7. The Hall–Kier alpha value is -4.74. The number of benzene rings is 1. The molecule has 388 valence electrons. The molecule has 6 N–H and O–H groups in total. The first-order valence-corrected chi connectivity index (χ1v) is 24.6. The van der Waals surface area contributed by atoms with E-state index in [0.717, 1.165) is 5.56 Å². The van der Waals surface area contributed by atoms with Crippen LogP contribution in [-0.4, -0.2) is 156 Å². The molecule has 6 amide bonds. The summed E-state index contributed by atoms with van der Waals surface area (Å²) in [5.41, 5.74) is 0.493. The van der Waals surface area contributed by atoms with E-state index in [9.17, 15) is 42.0 Å². The Labute approximate surface area is 402 Å². The maximum absolute atomic E-state index is 13.3. The van der Waals surface area contributed by atoms with Crippen LogP contribution in [0.1, 0.15) is 100.0 Å². The van der Waals surface area contributed by atoms with Gasteiger partial charge in [0.05, 0.1) is 64.0 Å². The minimum Gasteiger partial charge on any atom is -0.460 e. The number of nitrogens with zero attached hydrogens (tertiary/aromatic N) is 1. The standard InChI is InChI=1S/C46H78N6O15S/c1-33(2)41(43(58)49-34(3)42(57)50-36-12-10-35(11-13-36)32-67-44(59)46(7,8)9)51-39(55)16-21-52(22-18-45(4,5)6)40(56)15-14-37(53)47-19-24-64-26-28-66-30-29-65-27-25-63-23-17-38(54)48-20-31-68(60,61)62/h10-13,33-34,41H,14-32H2,1-9H3,(H,47,53)(H,48,54)(H,49,58)(H,50,57)(H,51,55)(H,60,61,62)/t34-,41-/m0/s1. The highest BCUT2D eigenvalue weighted by molar-refractivity contribution is 7.85. The van der Waals surface area contributed by atoms with Crippen molar-refractivity contribution in [3.63, 3.8) is 0 Å². The molecule has 0 spiro atoms. The molecule has 22 heteroatoms. The van der Waals surface area contributed by atoms with E-state index in [0.29, 0.717) is 38.5 Å². The van der Waals surface area contributed by atoms with Gasteiger partial charge >= 0.3 is 5.97 Å². The Balaban J connectivity index is 2.40. The number of nitrogens with one attached hydrogen (secondary N) is 5. The van der Waals surface area contributed by atoms with Gasteiger partial charge in [-0.15, -0.1) is 0 Å². The third kappa shape index (κ3) is 30.6.